The van der Waals surface area contributed by atoms with Gasteiger partial charge in [0.05, 0.1) is 18.2 Å². The maximum absolute atomic E-state index is 11.7. The number of aromatic nitrogens is 4. The smallest absolute Gasteiger partial charge is 0.305 e. The molecule has 0 spiro atoms. The fraction of sp³-hybridized carbons (Fsp3) is 0.417. The maximum Gasteiger partial charge on any atom is 0.305 e. The number of hydrogen-bond acceptors (Lipinski definition) is 5. The van der Waals surface area contributed by atoms with Crippen molar-refractivity contribution in [3.8, 4) is 0 Å². The van der Waals surface area contributed by atoms with Crippen LogP contribution >= 0.6 is 0 Å². The first-order valence-electron chi connectivity index (χ1n) is 11.0. The zero-order valence-electron chi connectivity index (χ0n) is 18.9. The average Bonchev–Trinajstić information content (AvgIpc) is 3.22. The van der Waals surface area contributed by atoms with Crippen molar-refractivity contribution in [2.75, 3.05) is 11.9 Å². The number of rotatable bonds is 11. The van der Waals surface area contributed by atoms with Crippen LogP contribution in [-0.4, -0.2) is 37.0 Å². The molecule has 1 atom stereocenters. The molecule has 0 aliphatic carbocycles. The van der Waals surface area contributed by atoms with Gasteiger partial charge in [-0.05, 0) is 61.9 Å². The second-order valence-corrected chi connectivity index (χ2v) is 8.06. The first kappa shape index (κ1) is 23.2. The van der Waals surface area contributed by atoms with Gasteiger partial charge in [0.15, 0.2) is 0 Å². The van der Waals surface area contributed by atoms with Crippen molar-refractivity contribution < 1.29 is 9.90 Å². The summed E-state index contributed by atoms with van der Waals surface area (Å²) in [6.07, 6.45) is 6.93. The minimum Gasteiger partial charge on any atom is -0.481 e. The van der Waals surface area contributed by atoms with Crippen molar-refractivity contribution in [1.29, 1.82) is 0 Å². The van der Waals surface area contributed by atoms with Crippen LogP contribution in [0.25, 0.3) is 0 Å². The summed E-state index contributed by atoms with van der Waals surface area (Å²) < 4.78 is 3.13. The third-order valence-corrected chi connectivity index (χ3v) is 5.41. The second kappa shape index (κ2) is 10.7. The Kier molecular flexibility index (Phi) is 7.81. The van der Waals surface area contributed by atoms with Crippen molar-refractivity contribution in [2.24, 2.45) is 7.05 Å². The van der Waals surface area contributed by atoms with Gasteiger partial charge in [0.1, 0.15) is 5.82 Å². The summed E-state index contributed by atoms with van der Waals surface area (Å²) in [4.78, 5) is 27.9. The molecule has 3 heterocycles. The summed E-state index contributed by atoms with van der Waals surface area (Å²) in [6, 6.07) is 8.73. The van der Waals surface area contributed by atoms with Gasteiger partial charge >= 0.3 is 5.97 Å². The van der Waals surface area contributed by atoms with E-state index in [1.54, 1.807) is 24.0 Å². The van der Waals surface area contributed by atoms with Crippen LogP contribution in [0.1, 0.15) is 54.7 Å². The molecule has 0 aliphatic rings. The van der Waals surface area contributed by atoms with Gasteiger partial charge in [-0.25, -0.2) is 4.98 Å². The predicted molar refractivity (Wildman–Crippen MR) is 124 cm³/mol. The van der Waals surface area contributed by atoms with Crippen LogP contribution in [0.4, 0.5) is 5.82 Å². The molecule has 0 saturated carbocycles. The average molecular weight is 438 g/mol. The highest BCUT2D eigenvalue weighted by Crippen LogP contribution is 2.21. The topological polar surface area (TPSA) is 102 Å². The van der Waals surface area contributed by atoms with Crippen molar-refractivity contribution in [1.82, 2.24) is 19.3 Å². The van der Waals surface area contributed by atoms with E-state index in [1.807, 2.05) is 12.3 Å². The summed E-state index contributed by atoms with van der Waals surface area (Å²) in [5, 5.41) is 17.4. The number of anilines is 1. The van der Waals surface area contributed by atoms with Gasteiger partial charge in [-0.2, -0.15) is 5.10 Å². The molecule has 0 amide bonds. The van der Waals surface area contributed by atoms with Crippen LogP contribution in [0.2, 0.25) is 0 Å². The Balaban J connectivity index is 1.67. The molecule has 0 unspecified atom stereocenters. The van der Waals surface area contributed by atoms with Crippen molar-refractivity contribution in [3.05, 3.63) is 75.6 Å². The molecule has 0 radical (unpaired) electrons. The second-order valence-electron chi connectivity index (χ2n) is 8.06. The molecule has 3 rings (SSSR count). The van der Waals surface area contributed by atoms with Gasteiger partial charge in [-0.15, -0.1) is 0 Å². The van der Waals surface area contributed by atoms with E-state index in [-0.39, 0.29) is 12.0 Å². The van der Waals surface area contributed by atoms with E-state index in [9.17, 15) is 14.7 Å². The maximum atomic E-state index is 11.7. The van der Waals surface area contributed by atoms with E-state index in [0.29, 0.717) is 0 Å². The molecule has 8 heteroatoms. The van der Waals surface area contributed by atoms with Crippen LogP contribution < -0.4 is 10.9 Å². The van der Waals surface area contributed by atoms with Crippen LogP contribution in [0.3, 0.4) is 0 Å². The highest BCUT2D eigenvalue weighted by atomic mass is 16.4. The summed E-state index contributed by atoms with van der Waals surface area (Å²) in [6.45, 7) is 5.09. The molecule has 32 heavy (non-hydrogen) atoms. The van der Waals surface area contributed by atoms with E-state index in [4.69, 9.17) is 4.98 Å². The normalized spacial score (nSPS) is 12.0. The van der Waals surface area contributed by atoms with Crippen LogP contribution in [0.5, 0.6) is 0 Å². The van der Waals surface area contributed by atoms with Gasteiger partial charge in [0.2, 0.25) is 5.56 Å². The molecular weight excluding hydrogens is 406 g/mol. The third kappa shape index (κ3) is 6.06. The first-order valence-corrected chi connectivity index (χ1v) is 11.0. The van der Waals surface area contributed by atoms with E-state index < -0.39 is 12.0 Å². The predicted octanol–water partition coefficient (Wildman–Crippen LogP) is 3.35. The lowest BCUT2D eigenvalue weighted by atomic mass is 10.1. The zero-order valence-corrected chi connectivity index (χ0v) is 18.9. The largest absolute Gasteiger partial charge is 0.481 e. The Labute approximate surface area is 187 Å². The molecule has 0 aliphatic heterocycles. The molecule has 0 bridgehead atoms. The number of carbonyl (C=O) groups is 1. The lowest BCUT2D eigenvalue weighted by molar-refractivity contribution is -0.137. The molecule has 3 aromatic heterocycles. The molecule has 0 saturated heterocycles. The molecule has 3 aromatic rings. The third-order valence-electron chi connectivity index (χ3n) is 5.41. The summed E-state index contributed by atoms with van der Waals surface area (Å²) in [5.74, 6) is 0.0289. The Morgan fingerprint density at radius 1 is 1.16 bits per heavy atom. The molecule has 0 fully saturated rings. The number of aryl methyl sites for hydroxylation is 4. The van der Waals surface area contributed by atoms with Crippen LogP contribution in [0.15, 0.2) is 47.5 Å². The van der Waals surface area contributed by atoms with Crippen molar-refractivity contribution in [2.45, 2.75) is 52.0 Å². The molecule has 8 nitrogen and oxygen atoms in total. The summed E-state index contributed by atoms with van der Waals surface area (Å²) in [5.41, 5.74) is 3.69. The van der Waals surface area contributed by atoms with Crippen LogP contribution in [0, 0.1) is 6.92 Å². The first-order chi connectivity index (χ1) is 15.4. The summed E-state index contributed by atoms with van der Waals surface area (Å²) in [7, 11) is 1.65. The molecule has 0 aromatic carbocycles. The van der Waals surface area contributed by atoms with Gasteiger partial charge in [0, 0.05) is 37.7 Å². The number of nitrogens with zero attached hydrogens (tertiary/aromatic N) is 4. The molecule has 2 N–H and O–H groups in total. The van der Waals surface area contributed by atoms with E-state index in [0.717, 1.165) is 60.6 Å². The minimum absolute atomic E-state index is 0.111. The van der Waals surface area contributed by atoms with E-state index >= 15 is 0 Å². The standard InChI is InChI=1S/C24H31N5O3/c1-4-13-25-24-17(2)8-10-19(26-24)6-5-7-20-12-14-29(27-20)21(15-23(31)32)18-9-11-22(30)28(3)16-18/h8-12,14,16,21H,4-7,13,15H2,1-3H3,(H,25,26)(H,31,32)/t21-/m0/s1. The monoisotopic (exact) mass is 437 g/mol. The number of nitrogens with one attached hydrogen (secondary N) is 1. The Hall–Kier alpha value is -3.42. The lowest BCUT2D eigenvalue weighted by Crippen LogP contribution is -2.20. The van der Waals surface area contributed by atoms with Gasteiger partial charge in [-0.1, -0.05) is 13.0 Å². The van der Waals surface area contributed by atoms with Crippen LogP contribution in [-0.2, 0) is 24.7 Å². The van der Waals surface area contributed by atoms with Crippen molar-refractivity contribution in [3.63, 3.8) is 0 Å². The van der Waals surface area contributed by atoms with Gasteiger partial charge in [-0.3, -0.25) is 14.3 Å². The van der Waals surface area contributed by atoms with Gasteiger partial charge in [0.25, 0.3) is 0 Å². The SMILES string of the molecule is CCCNc1nc(CCCc2ccn([C@@H](CC(=O)O)c3ccc(=O)n(C)c3)n2)ccc1C. The number of carboxylic acid groups (broad SMARTS) is 1. The summed E-state index contributed by atoms with van der Waals surface area (Å²) >= 11 is 0. The molecular formula is C24H31N5O3. The number of hydrogen-bond donors (Lipinski definition) is 2. The zero-order chi connectivity index (χ0) is 23.1. The van der Waals surface area contributed by atoms with E-state index in [1.165, 1.54) is 10.6 Å². The van der Waals surface area contributed by atoms with Gasteiger partial charge < -0.3 is 15.0 Å². The fourth-order valence-electron chi connectivity index (χ4n) is 3.61. The highest BCUT2D eigenvalue weighted by Gasteiger charge is 2.19. The lowest BCUT2D eigenvalue weighted by Gasteiger charge is -2.17. The Morgan fingerprint density at radius 3 is 2.66 bits per heavy atom. The Bertz CT molecular complexity index is 1120. The highest BCUT2D eigenvalue weighted by molar-refractivity contribution is 5.68. The minimum atomic E-state index is -0.918. The number of carboxylic acids is 1. The quantitative estimate of drug-likeness (QED) is 0.477. The van der Waals surface area contributed by atoms with E-state index in [2.05, 4.69) is 36.4 Å². The number of pyridine rings is 2. The van der Waals surface area contributed by atoms with Crippen molar-refractivity contribution >= 4 is 11.8 Å². The Morgan fingerprint density at radius 2 is 1.94 bits per heavy atom. The number of aliphatic carboxylic acids is 1. The molecule has 170 valence electrons. The fourth-order valence-corrected chi connectivity index (χ4v) is 3.61.